The summed E-state index contributed by atoms with van der Waals surface area (Å²) in [5.41, 5.74) is 0.816. The molecule has 0 unspecified atom stereocenters. The number of esters is 1. The zero-order chi connectivity index (χ0) is 33.0. The first-order valence-electron chi connectivity index (χ1n) is 15.7. The first kappa shape index (κ1) is 35.5. The van der Waals surface area contributed by atoms with E-state index in [1.165, 1.54) is 17.3 Å². The van der Waals surface area contributed by atoms with E-state index in [2.05, 4.69) is 26.8 Å². The molecule has 6 atom stereocenters. The number of epoxide rings is 2. The molecule has 0 N–H and O–H groups in total. The van der Waals surface area contributed by atoms with E-state index < -0.39 is 23.1 Å². The minimum atomic E-state index is -0.553. The number of thioether (sulfide) groups is 1. The van der Waals surface area contributed by atoms with Crippen molar-refractivity contribution >= 4 is 35.1 Å². The molecule has 9 nitrogen and oxygen atoms in total. The van der Waals surface area contributed by atoms with E-state index in [1.54, 1.807) is 7.11 Å². The monoisotopic (exact) mass is 644 g/mol. The van der Waals surface area contributed by atoms with Gasteiger partial charge in [0.1, 0.15) is 43.0 Å². The third-order valence-corrected chi connectivity index (χ3v) is 9.99. The fourth-order valence-corrected chi connectivity index (χ4v) is 6.87. The van der Waals surface area contributed by atoms with Crippen LogP contribution in [0.3, 0.4) is 0 Å². The topological polar surface area (TPSA) is 121 Å². The lowest BCUT2D eigenvalue weighted by Gasteiger charge is -2.42. The average Bonchev–Trinajstić information content (AvgIpc) is 3.88. The molecule has 45 heavy (non-hydrogen) atoms. The minimum absolute atomic E-state index is 0.0510. The summed E-state index contributed by atoms with van der Waals surface area (Å²) in [6.07, 6.45) is 3.42. The van der Waals surface area contributed by atoms with Crippen molar-refractivity contribution in [1.82, 2.24) is 0 Å². The van der Waals surface area contributed by atoms with Crippen LogP contribution in [0.25, 0.3) is 0 Å². The number of carbonyl (C=O) groups excluding carboxylic acids is 4. The number of methoxy groups -OCH3 is 1. The average molecular weight is 645 g/mol. The molecule has 0 aromatic heterocycles. The molecular formula is C35H48O9S. The molecule has 2 heterocycles. The lowest BCUT2D eigenvalue weighted by molar-refractivity contribution is -0.172. The summed E-state index contributed by atoms with van der Waals surface area (Å²) in [4.78, 5) is 50.6. The lowest BCUT2D eigenvalue weighted by Crippen LogP contribution is -2.55. The first-order valence-corrected chi connectivity index (χ1v) is 16.7. The van der Waals surface area contributed by atoms with Crippen LogP contribution >= 0.6 is 11.8 Å². The number of benzene rings is 1. The molecule has 2 saturated heterocycles. The van der Waals surface area contributed by atoms with Gasteiger partial charge in [0.2, 0.25) is 0 Å². The van der Waals surface area contributed by atoms with Gasteiger partial charge in [0, 0.05) is 23.8 Å². The van der Waals surface area contributed by atoms with Gasteiger partial charge in [-0.2, -0.15) is 0 Å². The molecule has 1 aromatic rings. The molecule has 1 saturated carbocycles. The second-order valence-corrected chi connectivity index (χ2v) is 15.0. The number of rotatable bonds is 16. The van der Waals surface area contributed by atoms with E-state index in [9.17, 15) is 19.2 Å². The summed E-state index contributed by atoms with van der Waals surface area (Å²) in [5, 5.41) is 0. The van der Waals surface area contributed by atoms with Crippen molar-refractivity contribution in [3.05, 3.63) is 41.5 Å². The Morgan fingerprint density at radius 1 is 1.07 bits per heavy atom. The highest BCUT2D eigenvalue weighted by molar-refractivity contribution is 8.00. The summed E-state index contributed by atoms with van der Waals surface area (Å²) < 4.78 is 29.3. The molecule has 3 fully saturated rings. The summed E-state index contributed by atoms with van der Waals surface area (Å²) in [5.74, 6) is -0.903. The molecule has 3 aliphatic rings. The van der Waals surface area contributed by atoms with Gasteiger partial charge < -0.3 is 23.7 Å². The standard InChI is InChI=1S/C35H48O9S/c1-22(2)8-13-29-34(6,44-29)32-31(40-7)27(14-15-35(32)21-42-35)43-30(39)17-25(37)20-45-26-11-9-23(10-12-26)16-24(36)18-41-19-28(38)33(3,4)5/h8-12,27,29,31-32H,13-21H2,1-7H3/t27-,29-,31-,32-,34+,35+/m1/s1. The maximum Gasteiger partial charge on any atom is 0.313 e. The lowest BCUT2D eigenvalue weighted by atomic mass is 9.68. The molecule has 0 bridgehead atoms. The zero-order valence-electron chi connectivity index (χ0n) is 27.6. The van der Waals surface area contributed by atoms with Gasteiger partial charge in [0.25, 0.3) is 0 Å². The Hall–Kier alpha value is -2.37. The van der Waals surface area contributed by atoms with Crippen LogP contribution in [0, 0.1) is 11.3 Å². The highest BCUT2D eigenvalue weighted by atomic mass is 32.2. The third kappa shape index (κ3) is 9.35. The molecular weight excluding hydrogens is 596 g/mol. The van der Waals surface area contributed by atoms with E-state index in [0.717, 1.165) is 23.3 Å². The number of hydrogen-bond acceptors (Lipinski definition) is 10. The zero-order valence-corrected chi connectivity index (χ0v) is 28.5. The van der Waals surface area contributed by atoms with Crippen molar-refractivity contribution in [2.75, 3.05) is 32.7 Å². The Bertz CT molecular complexity index is 1270. The van der Waals surface area contributed by atoms with E-state index in [0.29, 0.717) is 13.0 Å². The highest BCUT2D eigenvalue weighted by Crippen LogP contribution is 2.59. The van der Waals surface area contributed by atoms with Crippen LogP contribution < -0.4 is 0 Å². The largest absolute Gasteiger partial charge is 0.459 e. The molecule has 10 heteroatoms. The van der Waals surface area contributed by atoms with Gasteiger partial charge in [0.05, 0.1) is 24.4 Å². The Kier molecular flexibility index (Phi) is 11.5. The normalized spacial score (nSPS) is 28.8. The van der Waals surface area contributed by atoms with Gasteiger partial charge in [-0.1, -0.05) is 44.6 Å². The van der Waals surface area contributed by atoms with Crippen molar-refractivity contribution in [2.45, 2.75) is 108 Å². The maximum atomic E-state index is 12.9. The summed E-state index contributed by atoms with van der Waals surface area (Å²) >= 11 is 1.33. The summed E-state index contributed by atoms with van der Waals surface area (Å²) in [6, 6.07) is 7.34. The smallest absolute Gasteiger partial charge is 0.313 e. The molecule has 4 rings (SSSR count). The SMILES string of the molecule is CO[C@@H]1[C@H](OC(=O)CC(=O)CSc2ccc(CC(=O)COCC(=O)C(C)(C)C)cc2)CC[C@]2(CO2)[C@H]1[C@@]1(C)O[C@@H]1CC=C(C)C. The van der Waals surface area contributed by atoms with Crippen LogP contribution in [0.5, 0.6) is 0 Å². The van der Waals surface area contributed by atoms with Crippen molar-refractivity contribution in [3.63, 3.8) is 0 Å². The summed E-state index contributed by atoms with van der Waals surface area (Å²) in [6.45, 7) is 12.1. The fourth-order valence-electron chi connectivity index (χ4n) is 6.11. The molecule has 1 aromatic carbocycles. The summed E-state index contributed by atoms with van der Waals surface area (Å²) in [7, 11) is 1.63. The van der Waals surface area contributed by atoms with Gasteiger partial charge in [-0.3, -0.25) is 19.2 Å². The third-order valence-electron chi connectivity index (χ3n) is 8.92. The minimum Gasteiger partial charge on any atom is -0.459 e. The predicted molar refractivity (Wildman–Crippen MR) is 170 cm³/mol. The maximum absolute atomic E-state index is 12.9. The van der Waals surface area contributed by atoms with Crippen LogP contribution in [0.4, 0.5) is 0 Å². The van der Waals surface area contributed by atoms with Crippen LogP contribution in [0.2, 0.25) is 0 Å². The van der Waals surface area contributed by atoms with Crippen molar-refractivity contribution < 1.29 is 42.9 Å². The van der Waals surface area contributed by atoms with Gasteiger partial charge in [-0.25, -0.2) is 0 Å². The van der Waals surface area contributed by atoms with E-state index in [1.807, 2.05) is 45.0 Å². The molecule has 0 radical (unpaired) electrons. The number of ether oxygens (including phenoxy) is 5. The Morgan fingerprint density at radius 2 is 1.76 bits per heavy atom. The molecule has 1 spiro atoms. The highest BCUT2D eigenvalue weighted by Gasteiger charge is 2.72. The van der Waals surface area contributed by atoms with E-state index in [-0.39, 0.29) is 72.9 Å². The number of allylic oxidation sites excluding steroid dienone is 1. The fraction of sp³-hybridized carbons (Fsp3) is 0.657. The number of ketones is 3. The molecule has 2 aliphatic heterocycles. The Morgan fingerprint density at radius 3 is 2.36 bits per heavy atom. The van der Waals surface area contributed by atoms with E-state index >= 15 is 0 Å². The van der Waals surface area contributed by atoms with Crippen LogP contribution in [0.15, 0.2) is 40.8 Å². The van der Waals surface area contributed by atoms with Gasteiger partial charge in [-0.05, 0) is 57.7 Å². The first-order chi connectivity index (χ1) is 21.2. The molecule has 1 aliphatic carbocycles. The van der Waals surface area contributed by atoms with Crippen LogP contribution in [0.1, 0.15) is 72.8 Å². The Labute approximate surface area is 271 Å². The second kappa shape index (κ2) is 14.6. The van der Waals surface area contributed by atoms with Crippen LogP contribution in [-0.4, -0.2) is 85.5 Å². The Balaban J connectivity index is 1.21. The van der Waals surface area contributed by atoms with Crippen molar-refractivity contribution in [2.24, 2.45) is 11.3 Å². The predicted octanol–water partition coefficient (Wildman–Crippen LogP) is 5.10. The molecule has 0 amide bonds. The second-order valence-electron chi connectivity index (χ2n) is 13.9. The van der Waals surface area contributed by atoms with Gasteiger partial charge in [0.15, 0.2) is 17.3 Å². The van der Waals surface area contributed by atoms with Gasteiger partial charge in [-0.15, -0.1) is 11.8 Å². The quantitative estimate of drug-likeness (QED) is 0.0790. The number of Topliss-reactive ketones (excluding diaryl/α,β-unsaturated/α-hetero) is 3. The van der Waals surface area contributed by atoms with Crippen LogP contribution in [-0.2, 0) is 49.3 Å². The molecule has 248 valence electrons. The van der Waals surface area contributed by atoms with Crippen molar-refractivity contribution in [1.29, 1.82) is 0 Å². The number of carbonyl (C=O) groups is 4. The number of hydrogen-bond donors (Lipinski definition) is 0. The van der Waals surface area contributed by atoms with Gasteiger partial charge >= 0.3 is 5.97 Å². The van der Waals surface area contributed by atoms with Crippen molar-refractivity contribution in [3.8, 4) is 0 Å². The van der Waals surface area contributed by atoms with E-state index in [4.69, 9.17) is 23.7 Å².